The van der Waals surface area contributed by atoms with Gasteiger partial charge in [-0.2, -0.15) is 0 Å². The number of hydrogen-bond donors (Lipinski definition) is 1. The highest BCUT2D eigenvalue weighted by molar-refractivity contribution is 6.30. The molecule has 2 fully saturated rings. The second-order valence-corrected chi connectivity index (χ2v) is 6.04. The lowest BCUT2D eigenvalue weighted by molar-refractivity contribution is -0.128. The van der Waals surface area contributed by atoms with Gasteiger partial charge in [0.15, 0.2) is 0 Å². The van der Waals surface area contributed by atoms with Crippen LogP contribution in [0, 0.1) is 5.92 Å². The topological polar surface area (TPSA) is 58.1 Å². The third kappa shape index (κ3) is 3.03. The Balaban J connectivity index is 1.49. The van der Waals surface area contributed by atoms with E-state index in [2.05, 4.69) is 20.2 Å². The zero-order valence-corrected chi connectivity index (χ0v) is 12.1. The molecule has 1 amide bonds. The second-order valence-electron chi connectivity index (χ2n) is 5.60. The minimum absolute atomic E-state index is 0.248. The summed E-state index contributed by atoms with van der Waals surface area (Å²) in [5.41, 5.74) is 0. The summed E-state index contributed by atoms with van der Waals surface area (Å²) in [6.07, 6.45) is 8.45. The molecular formula is C14H19ClN4O. The van der Waals surface area contributed by atoms with E-state index < -0.39 is 0 Å². The van der Waals surface area contributed by atoms with Crippen LogP contribution in [0.3, 0.4) is 0 Å². The lowest BCUT2D eigenvalue weighted by Crippen LogP contribution is -2.47. The largest absolute Gasteiger partial charge is 0.353 e. The van der Waals surface area contributed by atoms with Crippen molar-refractivity contribution in [3.63, 3.8) is 0 Å². The van der Waals surface area contributed by atoms with E-state index in [4.69, 9.17) is 11.6 Å². The Hall–Kier alpha value is -1.36. The maximum absolute atomic E-state index is 11.9. The van der Waals surface area contributed by atoms with E-state index in [-0.39, 0.29) is 11.8 Å². The summed E-state index contributed by atoms with van der Waals surface area (Å²) in [6.45, 7) is 1.74. The van der Waals surface area contributed by atoms with Crippen molar-refractivity contribution in [3.8, 4) is 0 Å². The van der Waals surface area contributed by atoms with Crippen LogP contribution >= 0.6 is 11.6 Å². The highest BCUT2D eigenvalue weighted by Gasteiger charge is 2.28. The maximum atomic E-state index is 11.9. The van der Waals surface area contributed by atoms with E-state index in [0.717, 1.165) is 44.7 Å². The first kappa shape index (κ1) is 13.6. The Morgan fingerprint density at radius 2 is 1.85 bits per heavy atom. The maximum Gasteiger partial charge on any atom is 0.225 e. The van der Waals surface area contributed by atoms with Crippen molar-refractivity contribution in [2.45, 2.75) is 38.1 Å². The van der Waals surface area contributed by atoms with Gasteiger partial charge in [0.25, 0.3) is 0 Å². The number of carbonyl (C=O) groups is 1. The third-order valence-electron chi connectivity index (χ3n) is 4.21. The van der Waals surface area contributed by atoms with Gasteiger partial charge in [-0.15, -0.1) is 0 Å². The van der Waals surface area contributed by atoms with Crippen LogP contribution in [0.2, 0.25) is 5.02 Å². The molecule has 6 heteroatoms. The van der Waals surface area contributed by atoms with E-state index in [0.29, 0.717) is 11.1 Å². The van der Waals surface area contributed by atoms with Crippen LogP contribution in [-0.4, -0.2) is 35.0 Å². The van der Waals surface area contributed by atoms with E-state index in [1.165, 1.54) is 6.42 Å². The molecule has 2 heterocycles. The Bertz CT molecular complexity index is 467. The molecule has 1 aromatic rings. The summed E-state index contributed by atoms with van der Waals surface area (Å²) in [4.78, 5) is 22.5. The number of anilines is 1. The van der Waals surface area contributed by atoms with Gasteiger partial charge in [0.05, 0.1) is 17.4 Å². The van der Waals surface area contributed by atoms with Gasteiger partial charge in [0.2, 0.25) is 11.9 Å². The molecule has 0 aromatic carbocycles. The normalized spacial score (nSPS) is 20.6. The van der Waals surface area contributed by atoms with Crippen LogP contribution in [0.15, 0.2) is 12.4 Å². The highest BCUT2D eigenvalue weighted by Crippen LogP contribution is 2.27. The average molecular weight is 295 g/mol. The van der Waals surface area contributed by atoms with Crippen molar-refractivity contribution >= 4 is 23.5 Å². The number of carbonyl (C=O) groups excluding carboxylic acids is 1. The molecule has 0 radical (unpaired) electrons. The molecule has 5 nitrogen and oxygen atoms in total. The van der Waals surface area contributed by atoms with Gasteiger partial charge in [-0.05, 0) is 25.7 Å². The molecule has 2 aliphatic rings. The fraction of sp³-hybridized carbons (Fsp3) is 0.643. The lowest BCUT2D eigenvalue weighted by atomic mass is 9.84. The standard InChI is InChI=1S/C14H19ClN4O/c15-11-8-16-14(17-9-11)19-6-4-12(5-7-19)18-13(20)10-2-1-3-10/h8-10,12H,1-7H2,(H,18,20). The number of halogens is 1. The van der Waals surface area contributed by atoms with Crippen molar-refractivity contribution in [1.82, 2.24) is 15.3 Å². The molecule has 0 unspecified atom stereocenters. The summed E-state index contributed by atoms with van der Waals surface area (Å²) in [6, 6.07) is 0.298. The summed E-state index contributed by atoms with van der Waals surface area (Å²) < 4.78 is 0. The molecule has 1 saturated heterocycles. The van der Waals surface area contributed by atoms with Gasteiger partial charge < -0.3 is 10.2 Å². The van der Waals surface area contributed by atoms with E-state index >= 15 is 0 Å². The molecule has 3 rings (SSSR count). The van der Waals surface area contributed by atoms with Crippen molar-refractivity contribution in [1.29, 1.82) is 0 Å². The molecule has 20 heavy (non-hydrogen) atoms. The predicted octanol–water partition coefficient (Wildman–Crippen LogP) is 2.02. The molecule has 108 valence electrons. The molecule has 1 aliphatic heterocycles. The smallest absolute Gasteiger partial charge is 0.225 e. The number of nitrogens with zero attached hydrogens (tertiary/aromatic N) is 3. The van der Waals surface area contributed by atoms with Crippen LogP contribution < -0.4 is 10.2 Å². The second kappa shape index (κ2) is 5.95. The molecule has 0 spiro atoms. The monoisotopic (exact) mass is 294 g/mol. The van der Waals surface area contributed by atoms with E-state index in [1.54, 1.807) is 12.4 Å². The molecule has 1 N–H and O–H groups in total. The Morgan fingerprint density at radius 1 is 1.20 bits per heavy atom. The molecule has 1 aromatic heterocycles. The van der Waals surface area contributed by atoms with Crippen LogP contribution in [0.1, 0.15) is 32.1 Å². The minimum atomic E-state index is 0.248. The lowest BCUT2D eigenvalue weighted by Gasteiger charge is -2.34. The van der Waals surface area contributed by atoms with Crippen molar-refractivity contribution in [2.24, 2.45) is 5.92 Å². The van der Waals surface area contributed by atoms with E-state index in [1.807, 2.05) is 0 Å². The van der Waals surface area contributed by atoms with Gasteiger partial charge in [0, 0.05) is 25.0 Å². The van der Waals surface area contributed by atoms with Gasteiger partial charge in [-0.3, -0.25) is 4.79 Å². The Kier molecular flexibility index (Phi) is 4.05. The Morgan fingerprint density at radius 3 is 2.40 bits per heavy atom. The van der Waals surface area contributed by atoms with Crippen molar-refractivity contribution in [2.75, 3.05) is 18.0 Å². The molecule has 0 bridgehead atoms. The SMILES string of the molecule is O=C(NC1CCN(c2ncc(Cl)cn2)CC1)C1CCC1. The molecule has 0 atom stereocenters. The highest BCUT2D eigenvalue weighted by atomic mass is 35.5. The number of hydrogen-bond acceptors (Lipinski definition) is 4. The van der Waals surface area contributed by atoms with Crippen molar-refractivity contribution < 1.29 is 4.79 Å². The van der Waals surface area contributed by atoms with Gasteiger partial charge >= 0.3 is 0 Å². The van der Waals surface area contributed by atoms with Gasteiger partial charge in [0.1, 0.15) is 0 Å². The minimum Gasteiger partial charge on any atom is -0.353 e. The Labute approximate surface area is 123 Å². The summed E-state index contributed by atoms with van der Waals surface area (Å²) in [5.74, 6) is 1.24. The molecule has 1 saturated carbocycles. The zero-order valence-electron chi connectivity index (χ0n) is 11.4. The van der Waals surface area contributed by atoms with Gasteiger partial charge in [-0.25, -0.2) is 9.97 Å². The predicted molar refractivity (Wildman–Crippen MR) is 77.8 cm³/mol. The first-order valence-electron chi connectivity index (χ1n) is 7.25. The molecule has 1 aliphatic carbocycles. The summed E-state index contributed by atoms with van der Waals surface area (Å²) >= 11 is 5.79. The quantitative estimate of drug-likeness (QED) is 0.926. The fourth-order valence-corrected chi connectivity index (χ4v) is 2.78. The summed E-state index contributed by atoms with van der Waals surface area (Å²) in [7, 11) is 0. The number of amides is 1. The first-order chi connectivity index (χ1) is 9.72. The van der Waals surface area contributed by atoms with Crippen LogP contribution in [0.5, 0.6) is 0 Å². The third-order valence-corrected chi connectivity index (χ3v) is 4.40. The first-order valence-corrected chi connectivity index (χ1v) is 7.63. The fourth-order valence-electron chi connectivity index (χ4n) is 2.68. The molecular weight excluding hydrogens is 276 g/mol. The number of aromatic nitrogens is 2. The number of rotatable bonds is 3. The van der Waals surface area contributed by atoms with Crippen LogP contribution in [0.25, 0.3) is 0 Å². The average Bonchev–Trinajstić information content (AvgIpc) is 2.38. The van der Waals surface area contributed by atoms with Crippen LogP contribution in [-0.2, 0) is 4.79 Å². The van der Waals surface area contributed by atoms with E-state index in [9.17, 15) is 4.79 Å². The van der Waals surface area contributed by atoms with Crippen molar-refractivity contribution in [3.05, 3.63) is 17.4 Å². The zero-order chi connectivity index (χ0) is 13.9. The van der Waals surface area contributed by atoms with Crippen LogP contribution in [0.4, 0.5) is 5.95 Å². The number of nitrogens with one attached hydrogen (secondary N) is 1. The number of piperidine rings is 1. The summed E-state index contributed by atoms with van der Waals surface area (Å²) in [5, 5.41) is 3.73. The van der Waals surface area contributed by atoms with Gasteiger partial charge in [-0.1, -0.05) is 18.0 Å².